The van der Waals surface area contributed by atoms with E-state index < -0.39 is 0 Å². The van der Waals surface area contributed by atoms with E-state index in [2.05, 4.69) is 33.1 Å². The number of nitrogens with zero attached hydrogens (tertiary/aromatic N) is 3. The van der Waals surface area contributed by atoms with Gasteiger partial charge in [-0.1, -0.05) is 12.1 Å². The van der Waals surface area contributed by atoms with E-state index in [1.165, 1.54) is 0 Å². The number of aromatic nitrogens is 2. The van der Waals surface area contributed by atoms with Crippen molar-refractivity contribution >= 4 is 0 Å². The molecule has 4 rings (SSSR count). The topological polar surface area (TPSA) is 47.5 Å². The molecule has 0 aromatic carbocycles. The van der Waals surface area contributed by atoms with E-state index in [0.29, 0.717) is 24.7 Å². The molecule has 1 aliphatic carbocycles. The fourth-order valence-electron chi connectivity index (χ4n) is 3.98. The molecule has 5 nitrogen and oxygen atoms in total. The Balaban J connectivity index is 1.30. The van der Waals surface area contributed by atoms with Gasteiger partial charge in [-0.15, -0.1) is 0 Å². The van der Waals surface area contributed by atoms with Gasteiger partial charge in [-0.25, -0.2) is 0 Å². The van der Waals surface area contributed by atoms with E-state index in [0.717, 1.165) is 50.4 Å². The van der Waals surface area contributed by atoms with Gasteiger partial charge in [0.15, 0.2) is 0 Å². The van der Waals surface area contributed by atoms with Gasteiger partial charge >= 0.3 is 0 Å². The first-order valence-electron chi connectivity index (χ1n) is 9.10. The molecule has 5 heteroatoms. The van der Waals surface area contributed by atoms with Gasteiger partial charge in [0.2, 0.25) is 0 Å². The summed E-state index contributed by atoms with van der Waals surface area (Å²) in [5, 5.41) is 0. The number of hydrogen-bond donors (Lipinski definition) is 0. The third-order valence-corrected chi connectivity index (χ3v) is 5.19. The maximum atomic E-state index is 6.04. The molecule has 3 heterocycles. The van der Waals surface area contributed by atoms with Crippen molar-refractivity contribution in [2.45, 2.75) is 38.1 Å². The van der Waals surface area contributed by atoms with Gasteiger partial charge in [-0.3, -0.25) is 14.9 Å². The van der Waals surface area contributed by atoms with Crippen molar-refractivity contribution < 1.29 is 9.47 Å². The highest BCUT2D eigenvalue weighted by molar-refractivity contribution is 5.07. The Kier molecular flexibility index (Phi) is 5.35. The van der Waals surface area contributed by atoms with Crippen molar-refractivity contribution in [1.29, 1.82) is 0 Å². The number of morpholine rings is 1. The second kappa shape index (κ2) is 8.04. The minimum Gasteiger partial charge on any atom is -0.376 e. The van der Waals surface area contributed by atoms with Crippen LogP contribution in [0.3, 0.4) is 0 Å². The van der Waals surface area contributed by atoms with Gasteiger partial charge in [-0.05, 0) is 42.5 Å². The summed E-state index contributed by atoms with van der Waals surface area (Å²) in [6, 6.07) is 10.6. The zero-order valence-corrected chi connectivity index (χ0v) is 14.5. The van der Waals surface area contributed by atoms with Gasteiger partial charge in [0.1, 0.15) is 0 Å². The number of ether oxygens (including phenoxy) is 2. The zero-order valence-electron chi connectivity index (χ0n) is 14.5. The first kappa shape index (κ1) is 16.6. The highest BCUT2D eigenvalue weighted by atomic mass is 16.5. The van der Waals surface area contributed by atoms with Crippen molar-refractivity contribution in [3.05, 3.63) is 60.2 Å². The minimum atomic E-state index is 0.337. The van der Waals surface area contributed by atoms with Gasteiger partial charge in [0.05, 0.1) is 25.0 Å². The molecule has 0 spiro atoms. The molecule has 0 unspecified atom stereocenters. The Morgan fingerprint density at radius 3 is 3.00 bits per heavy atom. The normalized spacial score (nSPS) is 26.5. The van der Waals surface area contributed by atoms with Crippen LogP contribution in [0, 0.1) is 5.92 Å². The molecular weight excluding hydrogens is 314 g/mol. The molecule has 0 radical (unpaired) electrons. The maximum absolute atomic E-state index is 6.04. The van der Waals surface area contributed by atoms with E-state index in [4.69, 9.17) is 9.47 Å². The monoisotopic (exact) mass is 339 g/mol. The molecule has 132 valence electrons. The van der Waals surface area contributed by atoms with Crippen molar-refractivity contribution in [1.82, 2.24) is 14.9 Å². The minimum absolute atomic E-state index is 0.337. The summed E-state index contributed by atoms with van der Waals surface area (Å²) in [5.74, 6) is 0.566. The Morgan fingerprint density at radius 2 is 2.16 bits per heavy atom. The smallest absolute Gasteiger partial charge is 0.0734 e. The average Bonchev–Trinajstić information content (AvgIpc) is 3.08. The van der Waals surface area contributed by atoms with Crippen LogP contribution in [0.15, 0.2) is 48.9 Å². The molecule has 25 heavy (non-hydrogen) atoms. The summed E-state index contributed by atoms with van der Waals surface area (Å²) in [5.41, 5.74) is 2.27. The molecule has 1 saturated heterocycles. The van der Waals surface area contributed by atoms with Crippen LogP contribution in [0.1, 0.15) is 24.1 Å². The summed E-state index contributed by atoms with van der Waals surface area (Å²) < 4.78 is 12.0. The summed E-state index contributed by atoms with van der Waals surface area (Å²) in [6.45, 7) is 4.15. The molecule has 2 fully saturated rings. The summed E-state index contributed by atoms with van der Waals surface area (Å²) in [4.78, 5) is 11.1. The van der Waals surface area contributed by atoms with Crippen molar-refractivity contribution in [2.75, 3.05) is 19.8 Å². The molecule has 0 amide bonds. The molecular formula is C20H25N3O2. The van der Waals surface area contributed by atoms with Crippen LogP contribution in [0.2, 0.25) is 0 Å². The van der Waals surface area contributed by atoms with Crippen LogP contribution in [-0.4, -0.2) is 46.8 Å². The molecule has 2 aromatic heterocycles. The molecule has 1 aliphatic heterocycles. The molecule has 3 atom stereocenters. The van der Waals surface area contributed by atoms with E-state index >= 15 is 0 Å². The molecule has 2 aromatic rings. The molecule has 0 N–H and O–H groups in total. The van der Waals surface area contributed by atoms with Crippen molar-refractivity contribution in [3.8, 4) is 0 Å². The van der Waals surface area contributed by atoms with Crippen LogP contribution < -0.4 is 0 Å². The van der Waals surface area contributed by atoms with Gasteiger partial charge < -0.3 is 9.47 Å². The quantitative estimate of drug-likeness (QED) is 0.810. The van der Waals surface area contributed by atoms with E-state index in [1.54, 1.807) is 6.20 Å². The lowest BCUT2D eigenvalue weighted by Crippen LogP contribution is -2.47. The average molecular weight is 339 g/mol. The van der Waals surface area contributed by atoms with Crippen molar-refractivity contribution in [2.24, 2.45) is 5.92 Å². The third kappa shape index (κ3) is 4.24. The Labute approximate surface area is 149 Å². The Bertz CT molecular complexity index is 653. The zero-order chi connectivity index (χ0) is 16.9. The number of fused-ring (bicyclic) bond motifs is 1. The lowest BCUT2D eigenvalue weighted by atomic mass is 10.1. The van der Waals surface area contributed by atoms with Gasteiger partial charge in [0, 0.05) is 44.3 Å². The van der Waals surface area contributed by atoms with Crippen LogP contribution in [0.5, 0.6) is 0 Å². The van der Waals surface area contributed by atoms with Crippen LogP contribution in [0.4, 0.5) is 0 Å². The fraction of sp³-hybridized carbons (Fsp3) is 0.500. The van der Waals surface area contributed by atoms with Crippen LogP contribution in [0.25, 0.3) is 0 Å². The lowest BCUT2D eigenvalue weighted by Gasteiger charge is -2.37. The predicted octanol–water partition coefficient (Wildman–Crippen LogP) is 2.67. The molecule has 1 saturated carbocycles. The Morgan fingerprint density at radius 1 is 1.16 bits per heavy atom. The largest absolute Gasteiger partial charge is 0.376 e. The SMILES string of the molecule is c1ccc(CN2CCO[C@@H]3C[C@H](COCc4cccnc4)C[C@@H]32)nc1. The highest BCUT2D eigenvalue weighted by Crippen LogP contribution is 2.35. The second-order valence-electron chi connectivity index (χ2n) is 6.98. The number of pyridine rings is 2. The number of rotatable bonds is 6. The molecule has 0 bridgehead atoms. The standard InChI is InChI=1S/C20H25N3O2/c1-2-7-22-18(5-1)13-23-8-9-25-20-11-17(10-19(20)23)15-24-14-16-4-3-6-21-12-16/h1-7,12,17,19-20H,8-11,13-15H2/t17-,19+,20-/m1/s1. The van der Waals surface area contributed by atoms with Crippen LogP contribution in [-0.2, 0) is 22.6 Å². The van der Waals surface area contributed by atoms with E-state index in [1.807, 2.05) is 24.5 Å². The summed E-state index contributed by atoms with van der Waals surface area (Å²) >= 11 is 0. The summed E-state index contributed by atoms with van der Waals surface area (Å²) in [6.07, 6.45) is 8.10. The predicted molar refractivity (Wildman–Crippen MR) is 94.8 cm³/mol. The first-order chi connectivity index (χ1) is 12.4. The Hall–Kier alpha value is -1.82. The van der Waals surface area contributed by atoms with Crippen molar-refractivity contribution in [3.63, 3.8) is 0 Å². The van der Waals surface area contributed by atoms with Gasteiger partial charge in [-0.2, -0.15) is 0 Å². The highest BCUT2D eigenvalue weighted by Gasteiger charge is 2.40. The van der Waals surface area contributed by atoms with E-state index in [-0.39, 0.29) is 0 Å². The fourth-order valence-corrected chi connectivity index (χ4v) is 3.98. The maximum Gasteiger partial charge on any atom is 0.0734 e. The molecule has 2 aliphatic rings. The van der Waals surface area contributed by atoms with Crippen LogP contribution >= 0.6 is 0 Å². The summed E-state index contributed by atoms with van der Waals surface area (Å²) in [7, 11) is 0. The lowest BCUT2D eigenvalue weighted by molar-refractivity contribution is -0.0595. The van der Waals surface area contributed by atoms with Gasteiger partial charge in [0.25, 0.3) is 0 Å². The second-order valence-corrected chi connectivity index (χ2v) is 6.98. The van der Waals surface area contributed by atoms with E-state index in [9.17, 15) is 0 Å². The first-order valence-corrected chi connectivity index (χ1v) is 9.10. The number of hydrogen-bond acceptors (Lipinski definition) is 5. The third-order valence-electron chi connectivity index (χ3n) is 5.19.